The van der Waals surface area contributed by atoms with Gasteiger partial charge >= 0.3 is 0 Å². The summed E-state index contributed by atoms with van der Waals surface area (Å²) in [7, 11) is 3.95. The van der Waals surface area contributed by atoms with Gasteiger partial charge in [0.2, 0.25) is 0 Å². The summed E-state index contributed by atoms with van der Waals surface area (Å²) in [5.41, 5.74) is 3.18. The van der Waals surface area contributed by atoms with E-state index in [0.717, 1.165) is 25.2 Å². The first-order valence-electron chi connectivity index (χ1n) is 5.09. The van der Waals surface area contributed by atoms with Crippen LogP contribution in [-0.4, -0.2) is 38.0 Å². The number of rotatable bonds is 6. The number of carbonyl (C=O) groups is 1. The molecule has 0 saturated carbocycles. The van der Waals surface area contributed by atoms with E-state index >= 15 is 0 Å². The highest BCUT2D eigenvalue weighted by Crippen LogP contribution is 2.17. The minimum absolute atomic E-state index is 0.216. The number of nitrogen functional groups attached to an aromatic ring is 1. The number of hydrazine groups is 1. The molecular formula is C10H18N4OS. The van der Waals surface area contributed by atoms with Gasteiger partial charge in [-0.2, -0.15) is 0 Å². The molecule has 4 N–H and O–H groups in total. The molecule has 1 aromatic rings. The maximum Gasteiger partial charge on any atom is 0.275 e. The van der Waals surface area contributed by atoms with Gasteiger partial charge in [0.25, 0.3) is 5.91 Å². The summed E-state index contributed by atoms with van der Waals surface area (Å²) in [5, 5.41) is 5.00. The van der Waals surface area contributed by atoms with Gasteiger partial charge in [-0.1, -0.05) is 0 Å². The van der Waals surface area contributed by atoms with Crippen LogP contribution in [0.5, 0.6) is 0 Å². The summed E-state index contributed by atoms with van der Waals surface area (Å²) >= 11 is 1.41. The fourth-order valence-corrected chi connectivity index (χ4v) is 2.22. The Morgan fingerprint density at radius 2 is 2.38 bits per heavy atom. The summed E-state index contributed by atoms with van der Waals surface area (Å²) in [6, 6.07) is 1.96. The first-order valence-corrected chi connectivity index (χ1v) is 5.97. The lowest BCUT2D eigenvalue weighted by Crippen LogP contribution is -2.31. The molecule has 1 heterocycles. The Bertz CT molecular complexity index is 339. The highest BCUT2D eigenvalue weighted by molar-refractivity contribution is 7.12. The first-order chi connectivity index (χ1) is 7.69. The molecule has 1 aromatic heterocycles. The van der Waals surface area contributed by atoms with Crippen LogP contribution in [0.1, 0.15) is 15.2 Å². The molecule has 0 spiro atoms. The average Bonchev–Trinajstić information content (AvgIpc) is 2.73. The van der Waals surface area contributed by atoms with Crippen molar-refractivity contribution in [1.82, 2.24) is 15.6 Å². The zero-order valence-corrected chi connectivity index (χ0v) is 10.4. The molecule has 90 valence electrons. The number of nitrogens with one attached hydrogen (secondary N) is 2. The van der Waals surface area contributed by atoms with Crippen LogP contribution in [0, 0.1) is 0 Å². The van der Waals surface area contributed by atoms with Crippen LogP contribution in [0.3, 0.4) is 0 Å². The molecule has 1 rings (SSSR count). The number of nitrogens with two attached hydrogens (primary N) is 1. The van der Waals surface area contributed by atoms with Gasteiger partial charge in [0.1, 0.15) is 0 Å². The van der Waals surface area contributed by atoms with Gasteiger partial charge in [0, 0.05) is 19.6 Å². The Labute approximate surface area is 99.6 Å². The van der Waals surface area contributed by atoms with E-state index in [-0.39, 0.29) is 5.91 Å². The van der Waals surface area contributed by atoms with Gasteiger partial charge in [-0.3, -0.25) is 10.2 Å². The molecular weight excluding hydrogens is 224 g/mol. The molecule has 16 heavy (non-hydrogen) atoms. The lowest BCUT2D eigenvalue weighted by molar-refractivity contribution is 0.0956. The van der Waals surface area contributed by atoms with Crippen molar-refractivity contribution >= 4 is 17.2 Å². The Morgan fingerprint density at radius 1 is 1.62 bits per heavy atom. The van der Waals surface area contributed by atoms with Crippen molar-refractivity contribution in [3.8, 4) is 0 Å². The highest BCUT2D eigenvalue weighted by Gasteiger charge is 2.12. The van der Waals surface area contributed by atoms with E-state index < -0.39 is 0 Å². The third kappa shape index (κ3) is 3.57. The molecule has 0 radical (unpaired) electrons. The zero-order valence-electron chi connectivity index (χ0n) is 9.62. The largest absolute Gasteiger partial charge is 0.318 e. The van der Waals surface area contributed by atoms with Gasteiger partial charge in [-0.05, 0) is 31.1 Å². The maximum absolute atomic E-state index is 11.4. The molecule has 5 nitrogen and oxygen atoms in total. The SMILES string of the molecule is CNCCN(C)Cc1ccsc1C(=O)NN. The molecule has 0 bridgehead atoms. The van der Waals surface area contributed by atoms with Crippen molar-refractivity contribution in [2.75, 3.05) is 27.2 Å². The minimum atomic E-state index is -0.216. The number of amides is 1. The van der Waals surface area contributed by atoms with E-state index in [1.807, 2.05) is 25.5 Å². The van der Waals surface area contributed by atoms with E-state index in [1.54, 1.807) is 0 Å². The van der Waals surface area contributed by atoms with Crippen molar-refractivity contribution in [3.63, 3.8) is 0 Å². The van der Waals surface area contributed by atoms with Crippen LogP contribution in [0.4, 0.5) is 0 Å². The average molecular weight is 242 g/mol. The third-order valence-corrected chi connectivity index (χ3v) is 3.22. The number of likely N-dealkylation sites (N-methyl/N-ethyl adjacent to an activating group) is 2. The fourth-order valence-electron chi connectivity index (χ4n) is 1.40. The van der Waals surface area contributed by atoms with E-state index in [0.29, 0.717) is 4.88 Å². The second kappa shape index (κ2) is 6.59. The molecule has 0 aliphatic carbocycles. The molecule has 0 aliphatic rings. The van der Waals surface area contributed by atoms with Gasteiger partial charge in [-0.25, -0.2) is 5.84 Å². The molecule has 6 heteroatoms. The van der Waals surface area contributed by atoms with Crippen molar-refractivity contribution in [1.29, 1.82) is 0 Å². The number of hydrogen-bond acceptors (Lipinski definition) is 5. The van der Waals surface area contributed by atoms with E-state index in [1.165, 1.54) is 11.3 Å². The summed E-state index contributed by atoms with van der Waals surface area (Å²) in [6.45, 7) is 2.63. The van der Waals surface area contributed by atoms with Crippen LogP contribution in [0.2, 0.25) is 0 Å². The van der Waals surface area contributed by atoms with Crippen molar-refractivity contribution in [2.45, 2.75) is 6.54 Å². The van der Waals surface area contributed by atoms with Crippen molar-refractivity contribution < 1.29 is 4.79 Å². The van der Waals surface area contributed by atoms with E-state index in [2.05, 4.69) is 15.6 Å². The molecule has 0 aromatic carbocycles. The number of hydrogen-bond donors (Lipinski definition) is 3. The molecule has 0 saturated heterocycles. The van der Waals surface area contributed by atoms with Crippen LogP contribution < -0.4 is 16.6 Å². The van der Waals surface area contributed by atoms with Crippen LogP contribution in [-0.2, 0) is 6.54 Å². The van der Waals surface area contributed by atoms with Gasteiger partial charge in [0.05, 0.1) is 4.88 Å². The second-order valence-corrected chi connectivity index (χ2v) is 4.51. The molecule has 0 atom stereocenters. The highest BCUT2D eigenvalue weighted by atomic mass is 32.1. The van der Waals surface area contributed by atoms with Crippen molar-refractivity contribution in [3.05, 3.63) is 21.9 Å². The number of carbonyl (C=O) groups excluding carboxylic acids is 1. The molecule has 0 aliphatic heterocycles. The summed E-state index contributed by atoms with van der Waals surface area (Å²) < 4.78 is 0. The van der Waals surface area contributed by atoms with Crippen LogP contribution in [0.15, 0.2) is 11.4 Å². The Balaban J connectivity index is 2.59. The quantitative estimate of drug-likeness (QED) is 0.373. The summed E-state index contributed by atoms with van der Waals surface area (Å²) in [6.07, 6.45) is 0. The summed E-state index contributed by atoms with van der Waals surface area (Å²) in [5.74, 6) is 4.91. The Morgan fingerprint density at radius 3 is 3.00 bits per heavy atom. The number of nitrogens with zero attached hydrogens (tertiary/aromatic N) is 1. The Hall–Kier alpha value is -0.950. The number of thiophene rings is 1. The van der Waals surface area contributed by atoms with E-state index in [9.17, 15) is 4.79 Å². The van der Waals surface area contributed by atoms with Gasteiger partial charge in [-0.15, -0.1) is 11.3 Å². The second-order valence-electron chi connectivity index (χ2n) is 3.59. The standard InChI is InChI=1S/C10H18N4OS/c1-12-4-5-14(2)7-8-3-6-16-9(8)10(15)13-11/h3,6,12H,4-5,7,11H2,1-2H3,(H,13,15). The fraction of sp³-hybridized carbons (Fsp3) is 0.500. The zero-order chi connectivity index (χ0) is 12.0. The van der Waals surface area contributed by atoms with E-state index in [4.69, 9.17) is 5.84 Å². The van der Waals surface area contributed by atoms with Gasteiger partial charge < -0.3 is 10.2 Å². The normalized spacial score (nSPS) is 10.8. The first kappa shape index (κ1) is 13.1. The molecule has 1 amide bonds. The minimum Gasteiger partial charge on any atom is -0.318 e. The predicted molar refractivity (Wildman–Crippen MR) is 66.2 cm³/mol. The topological polar surface area (TPSA) is 70.4 Å². The molecule has 0 unspecified atom stereocenters. The smallest absolute Gasteiger partial charge is 0.275 e. The Kier molecular flexibility index (Phi) is 5.41. The van der Waals surface area contributed by atoms with Crippen molar-refractivity contribution in [2.24, 2.45) is 5.84 Å². The van der Waals surface area contributed by atoms with Gasteiger partial charge in [0.15, 0.2) is 0 Å². The summed E-state index contributed by atoms with van der Waals surface area (Å²) in [4.78, 5) is 14.3. The lowest BCUT2D eigenvalue weighted by atomic mass is 10.2. The third-order valence-electron chi connectivity index (χ3n) is 2.27. The monoisotopic (exact) mass is 242 g/mol. The predicted octanol–water partition coefficient (Wildman–Crippen LogP) is 0.00280. The van der Waals surface area contributed by atoms with Crippen LogP contribution >= 0.6 is 11.3 Å². The lowest BCUT2D eigenvalue weighted by Gasteiger charge is -2.16. The van der Waals surface area contributed by atoms with Crippen LogP contribution in [0.25, 0.3) is 0 Å². The maximum atomic E-state index is 11.4. The molecule has 0 fully saturated rings.